The molecule has 9 rings (SSSR count). The summed E-state index contributed by atoms with van der Waals surface area (Å²) in [4.78, 5) is 4.46. The van der Waals surface area contributed by atoms with E-state index in [0.717, 1.165) is 11.2 Å². The molecule has 3 heterocycles. The normalized spacial score (nSPS) is 11.8. The molecule has 3 aromatic heterocycles. The molecule has 3 nitrogen and oxygen atoms in total. The molecule has 0 bridgehead atoms. The van der Waals surface area contributed by atoms with E-state index >= 15 is 0 Å². The van der Waals surface area contributed by atoms with Crippen molar-refractivity contribution in [1.29, 1.82) is 0 Å². The summed E-state index contributed by atoms with van der Waals surface area (Å²) < 4.78 is 4.72. The molecular weight excluding hydrogens is 510 g/mol. The van der Waals surface area contributed by atoms with Crippen molar-refractivity contribution in [1.82, 2.24) is 14.1 Å². The van der Waals surface area contributed by atoms with Gasteiger partial charge in [-0.2, -0.15) is 0 Å². The highest BCUT2D eigenvalue weighted by molar-refractivity contribution is 6.12. The minimum absolute atomic E-state index is 1.12. The first-order valence-electron chi connectivity index (χ1n) is 14.3. The van der Waals surface area contributed by atoms with Crippen LogP contribution in [0.2, 0.25) is 0 Å². The Hall–Kier alpha value is -5.67. The van der Waals surface area contributed by atoms with Crippen LogP contribution in [0.15, 0.2) is 152 Å². The van der Waals surface area contributed by atoms with E-state index in [-0.39, 0.29) is 0 Å². The first-order chi connectivity index (χ1) is 20.8. The first kappa shape index (κ1) is 23.1. The molecule has 0 N–H and O–H groups in total. The Balaban J connectivity index is 1.27. The number of hydrogen-bond acceptors (Lipinski definition) is 1. The molecular formula is C39H25N3. The SMILES string of the molecule is c1ccc(-n2c3cnccc3c3ccc(-c4ccc5c(c4)c4ccccc4n5-c4ccc5ccccc5c4)cc32)cc1. The number of aromatic nitrogens is 3. The van der Waals surface area contributed by atoms with Gasteiger partial charge in [-0.25, -0.2) is 0 Å². The number of pyridine rings is 1. The van der Waals surface area contributed by atoms with Gasteiger partial charge in [0, 0.05) is 39.1 Å². The minimum atomic E-state index is 1.12. The van der Waals surface area contributed by atoms with Gasteiger partial charge < -0.3 is 9.13 Å². The summed E-state index contributed by atoms with van der Waals surface area (Å²) in [6, 6.07) is 50.4. The van der Waals surface area contributed by atoms with Crippen LogP contribution in [0.3, 0.4) is 0 Å². The minimum Gasteiger partial charge on any atom is -0.309 e. The highest BCUT2D eigenvalue weighted by Gasteiger charge is 2.16. The van der Waals surface area contributed by atoms with Crippen LogP contribution in [0.1, 0.15) is 0 Å². The largest absolute Gasteiger partial charge is 0.309 e. The van der Waals surface area contributed by atoms with E-state index in [0.29, 0.717) is 0 Å². The Morgan fingerprint density at radius 1 is 0.381 bits per heavy atom. The van der Waals surface area contributed by atoms with Crippen LogP contribution in [0.25, 0.3) is 76.9 Å². The van der Waals surface area contributed by atoms with Crippen molar-refractivity contribution >= 4 is 54.4 Å². The number of benzene rings is 6. The lowest BCUT2D eigenvalue weighted by Crippen LogP contribution is -1.94. The highest BCUT2D eigenvalue weighted by atomic mass is 15.0. The van der Waals surface area contributed by atoms with Gasteiger partial charge in [-0.3, -0.25) is 4.98 Å². The van der Waals surface area contributed by atoms with Crippen LogP contribution in [0.5, 0.6) is 0 Å². The van der Waals surface area contributed by atoms with E-state index in [1.807, 2.05) is 12.4 Å². The molecule has 6 aromatic carbocycles. The van der Waals surface area contributed by atoms with Crippen molar-refractivity contribution in [2.75, 3.05) is 0 Å². The predicted molar refractivity (Wildman–Crippen MR) is 176 cm³/mol. The molecule has 0 atom stereocenters. The molecule has 0 unspecified atom stereocenters. The smallest absolute Gasteiger partial charge is 0.0724 e. The van der Waals surface area contributed by atoms with E-state index in [1.165, 1.54) is 65.7 Å². The van der Waals surface area contributed by atoms with Gasteiger partial charge in [0.2, 0.25) is 0 Å². The van der Waals surface area contributed by atoms with Gasteiger partial charge in [0.25, 0.3) is 0 Å². The van der Waals surface area contributed by atoms with E-state index in [4.69, 9.17) is 0 Å². The monoisotopic (exact) mass is 535 g/mol. The lowest BCUT2D eigenvalue weighted by Gasteiger charge is -2.10. The molecule has 0 radical (unpaired) electrons. The second-order valence-electron chi connectivity index (χ2n) is 10.9. The quantitative estimate of drug-likeness (QED) is 0.221. The van der Waals surface area contributed by atoms with E-state index in [1.54, 1.807) is 0 Å². The number of hydrogen-bond donors (Lipinski definition) is 0. The number of para-hydroxylation sites is 2. The topological polar surface area (TPSA) is 22.8 Å². The van der Waals surface area contributed by atoms with Gasteiger partial charge in [0.1, 0.15) is 0 Å². The van der Waals surface area contributed by atoms with Gasteiger partial charge in [0.05, 0.1) is 28.3 Å². The molecule has 0 saturated carbocycles. The van der Waals surface area contributed by atoms with Crippen LogP contribution in [0, 0.1) is 0 Å². The molecule has 0 aliphatic carbocycles. The van der Waals surface area contributed by atoms with E-state index in [2.05, 4.69) is 154 Å². The summed E-state index contributed by atoms with van der Waals surface area (Å²) in [6.45, 7) is 0. The summed E-state index contributed by atoms with van der Waals surface area (Å²) in [5, 5.41) is 7.45. The fraction of sp³-hybridized carbons (Fsp3) is 0. The maximum Gasteiger partial charge on any atom is 0.0724 e. The van der Waals surface area contributed by atoms with Crippen LogP contribution in [0.4, 0.5) is 0 Å². The van der Waals surface area contributed by atoms with Crippen molar-refractivity contribution in [2.45, 2.75) is 0 Å². The van der Waals surface area contributed by atoms with Crippen molar-refractivity contribution < 1.29 is 0 Å². The maximum atomic E-state index is 4.46. The third-order valence-corrected chi connectivity index (χ3v) is 8.58. The molecule has 0 spiro atoms. The Morgan fingerprint density at radius 3 is 2.00 bits per heavy atom. The summed E-state index contributed by atoms with van der Waals surface area (Å²) in [6.07, 6.45) is 3.85. The second kappa shape index (κ2) is 8.92. The lowest BCUT2D eigenvalue weighted by molar-refractivity contribution is 1.17. The second-order valence-corrected chi connectivity index (χ2v) is 10.9. The van der Waals surface area contributed by atoms with Crippen LogP contribution < -0.4 is 0 Å². The summed E-state index contributed by atoms with van der Waals surface area (Å²) >= 11 is 0. The van der Waals surface area contributed by atoms with E-state index in [9.17, 15) is 0 Å². The predicted octanol–water partition coefficient (Wildman–Crippen LogP) is 10.1. The first-order valence-corrected chi connectivity index (χ1v) is 14.3. The summed E-state index contributed by atoms with van der Waals surface area (Å²) in [5.41, 5.74) is 9.43. The van der Waals surface area contributed by atoms with Crippen molar-refractivity contribution in [3.8, 4) is 22.5 Å². The fourth-order valence-electron chi connectivity index (χ4n) is 6.65. The zero-order chi connectivity index (χ0) is 27.6. The van der Waals surface area contributed by atoms with Gasteiger partial charge in [0.15, 0.2) is 0 Å². The van der Waals surface area contributed by atoms with Crippen molar-refractivity contribution in [3.63, 3.8) is 0 Å². The Labute approximate surface area is 242 Å². The Bertz CT molecular complexity index is 2460. The van der Waals surface area contributed by atoms with Gasteiger partial charge in [-0.15, -0.1) is 0 Å². The molecule has 196 valence electrons. The molecule has 42 heavy (non-hydrogen) atoms. The van der Waals surface area contributed by atoms with Crippen LogP contribution >= 0.6 is 0 Å². The number of fused-ring (bicyclic) bond motifs is 7. The summed E-state index contributed by atoms with van der Waals surface area (Å²) in [5.74, 6) is 0. The molecule has 0 amide bonds. The van der Waals surface area contributed by atoms with Crippen molar-refractivity contribution in [3.05, 3.63) is 152 Å². The zero-order valence-electron chi connectivity index (χ0n) is 22.8. The fourth-order valence-corrected chi connectivity index (χ4v) is 6.65. The average molecular weight is 536 g/mol. The average Bonchev–Trinajstić information content (AvgIpc) is 3.57. The molecule has 0 saturated heterocycles. The lowest BCUT2D eigenvalue weighted by atomic mass is 10.0. The van der Waals surface area contributed by atoms with Crippen LogP contribution in [-0.2, 0) is 0 Å². The Kier molecular flexibility index (Phi) is 4.90. The highest BCUT2D eigenvalue weighted by Crippen LogP contribution is 2.38. The maximum absolute atomic E-state index is 4.46. The molecule has 0 fully saturated rings. The standard InChI is InChI=1S/C39H25N3/c1-2-10-30(11-3-1)41-38-24-29(15-18-33(38)34-20-21-40-25-39(34)41)28-16-19-37-35(23-28)32-12-6-7-13-36(32)42(37)31-17-14-26-8-4-5-9-27(26)22-31/h1-25H. The molecule has 9 aromatic rings. The summed E-state index contributed by atoms with van der Waals surface area (Å²) in [7, 11) is 0. The molecule has 3 heteroatoms. The van der Waals surface area contributed by atoms with Crippen molar-refractivity contribution in [2.24, 2.45) is 0 Å². The van der Waals surface area contributed by atoms with Gasteiger partial charge in [-0.05, 0) is 76.5 Å². The third-order valence-electron chi connectivity index (χ3n) is 8.58. The Morgan fingerprint density at radius 2 is 1.07 bits per heavy atom. The van der Waals surface area contributed by atoms with Gasteiger partial charge >= 0.3 is 0 Å². The molecule has 0 aliphatic rings. The zero-order valence-corrected chi connectivity index (χ0v) is 22.8. The van der Waals surface area contributed by atoms with Gasteiger partial charge in [-0.1, -0.05) is 84.9 Å². The van der Waals surface area contributed by atoms with Crippen LogP contribution in [-0.4, -0.2) is 14.1 Å². The number of nitrogens with zero attached hydrogens (tertiary/aromatic N) is 3. The number of rotatable bonds is 3. The third kappa shape index (κ3) is 3.37. The molecule has 0 aliphatic heterocycles. The van der Waals surface area contributed by atoms with E-state index < -0.39 is 0 Å².